The van der Waals surface area contributed by atoms with E-state index in [9.17, 15) is 9.59 Å². The van der Waals surface area contributed by atoms with E-state index in [4.69, 9.17) is 0 Å². The quantitative estimate of drug-likeness (QED) is 0.824. The van der Waals surface area contributed by atoms with E-state index < -0.39 is 0 Å². The van der Waals surface area contributed by atoms with Crippen molar-refractivity contribution in [3.8, 4) is 0 Å². The zero-order chi connectivity index (χ0) is 15.4. The first-order valence-electron chi connectivity index (χ1n) is 6.66. The van der Waals surface area contributed by atoms with E-state index in [2.05, 4.69) is 20.7 Å². The number of carbonyl (C=O) groups excluding carboxylic acids is 1. The molecule has 0 spiro atoms. The molecule has 1 N–H and O–H groups in total. The number of amides is 1. The van der Waals surface area contributed by atoms with Gasteiger partial charge < -0.3 is 5.32 Å². The van der Waals surface area contributed by atoms with Crippen LogP contribution in [0.2, 0.25) is 0 Å². The summed E-state index contributed by atoms with van der Waals surface area (Å²) in [5, 5.41) is 14.5. The van der Waals surface area contributed by atoms with Gasteiger partial charge in [-0.05, 0) is 12.0 Å². The number of nitrogens with one attached hydrogen (secondary N) is 1. The van der Waals surface area contributed by atoms with Gasteiger partial charge in [0.05, 0.1) is 18.8 Å². The summed E-state index contributed by atoms with van der Waals surface area (Å²) in [6.07, 6.45) is 3.33. The van der Waals surface area contributed by atoms with Gasteiger partial charge in [-0.3, -0.25) is 14.3 Å². The number of hydrogen-bond acceptors (Lipinski definition) is 5. The van der Waals surface area contributed by atoms with Gasteiger partial charge in [-0.25, -0.2) is 4.68 Å². The van der Waals surface area contributed by atoms with E-state index in [0.717, 1.165) is 4.68 Å². The Morgan fingerprint density at radius 2 is 2.14 bits per heavy atom. The summed E-state index contributed by atoms with van der Waals surface area (Å²) in [7, 11) is 1.51. The Morgan fingerprint density at radius 1 is 1.38 bits per heavy atom. The fourth-order valence-corrected chi connectivity index (χ4v) is 1.82. The Labute approximate surface area is 121 Å². The van der Waals surface area contributed by atoms with Crippen molar-refractivity contribution in [1.82, 2.24) is 30.1 Å². The molecule has 0 fully saturated rings. The Kier molecular flexibility index (Phi) is 4.46. The summed E-state index contributed by atoms with van der Waals surface area (Å²) in [6.45, 7) is 4.54. The molecule has 1 atom stereocenters. The fraction of sp³-hybridized carbons (Fsp3) is 0.462. The molecule has 0 bridgehead atoms. The number of carbonyl (C=O) groups is 1. The number of aryl methyl sites for hydroxylation is 1. The molecular formula is C13H18N6O2. The normalized spacial score (nSPS) is 12.4. The van der Waals surface area contributed by atoms with Crippen LogP contribution in [0.5, 0.6) is 0 Å². The van der Waals surface area contributed by atoms with Crippen LogP contribution in [0.3, 0.4) is 0 Å². The molecule has 112 valence electrons. The standard InChI is InChI=1S/C13H18N6O2/c1-9(2)11(8-19-7-6-14-17-19)15-13(21)10-4-5-12(20)18(3)16-10/h4-7,9,11H,8H2,1-3H3,(H,15,21)/t11-/m0/s1. The van der Waals surface area contributed by atoms with Crippen LogP contribution in [0.15, 0.2) is 29.3 Å². The second-order valence-corrected chi connectivity index (χ2v) is 5.13. The van der Waals surface area contributed by atoms with E-state index in [1.807, 2.05) is 13.8 Å². The first-order valence-corrected chi connectivity index (χ1v) is 6.66. The first-order chi connectivity index (χ1) is 9.97. The van der Waals surface area contributed by atoms with Crippen LogP contribution in [0.1, 0.15) is 24.3 Å². The zero-order valence-corrected chi connectivity index (χ0v) is 12.2. The Morgan fingerprint density at radius 3 is 2.71 bits per heavy atom. The highest BCUT2D eigenvalue weighted by Crippen LogP contribution is 2.05. The van der Waals surface area contributed by atoms with E-state index in [-0.39, 0.29) is 29.1 Å². The third kappa shape index (κ3) is 3.74. The largest absolute Gasteiger partial charge is 0.346 e. The van der Waals surface area contributed by atoms with Crippen molar-refractivity contribution in [3.05, 3.63) is 40.6 Å². The van der Waals surface area contributed by atoms with Crippen LogP contribution in [-0.4, -0.2) is 36.7 Å². The maximum absolute atomic E-state index is 12.2. The minimum Gasteiger partial charge on any atom is -0.346 e. The summed E-state index contributed by atoms with van der Waals surface area (Å²) in [5.74, 6) is -0.102. The molecule has 0 radical (unpaired) electrons. The van der Waals surface area contributed by atoms with Gasteiger partial charge in [0.1, 0.15) is 5.69 Å². The smallest absolute Gasteiger partial charge is 0.272 e. The predicted octanol–water partition coefficient (Wildman–Crippen LogP) is -0.174. The van der Waals surface area contributed by atoms with E-state index >= 15 is 0 Å². The lowest BCUT2D eigenvalue weighted by Gasteiger charge is -2.21. The van der Waals surface area contributed by atoms with Gasteiger partial charge in [-0.1, -0.05) is 19.1 Å². The average molecular weight is 290 g/mol. The maximum Gasteiger partial charge on any atom is 0.272 e. The number of rotatable bonds is 5. The molecule has 0 saturated heterocycles. The molecular weight excluding hydrogens is 272 g/mol. The minimum absolute atomic E-state index is 0.113. The average Bonchev–Trinajstić information content (AvgIpc) is 2.93. The SMILES string of the molecule is CC(C)[C@H](Cn1ccnn1)NC(=O)c1ccc(=O)n(C)n1. The van der Waals surface area contributed by atoms with Crippen LogP contribution in [0, 0.1) is 5.92 Å². The molecule has 21 heavy (non-hydrogen) atoms. The lowest BCUT2D eigenvalue weighted by Crippen LogP contribution is -2.42. The molecule has 0 saturated carbocycles. The summed E-state index contributed by atoms with van der Waals surface area (Å²) in [5.41, 5.74) is -0.0454. The highest BCUT2D eigenvalue weighted by atomic mass is 16.2. The van der Waals surface area contributed by atoms with E-state index in [1.165, 1.54) is 19.2 Å². The fourth-order valence-electron chi connectivity index (χ4n) is 1.82. The summed E-state index contributed by atoms with van der Waals surface area (Å²) in [6, 6.07) is 2.63. The molecule has 0 unspecified atom stereocenters. The highest BCUT2D eigenvalue weighted by Gasteiger charge is 2.19. The van der Waals surface area contributed by atoms with Crippen LogP contribution in [0.4, 0.5) is 0 Å². The van der Waals surface area contributed by atoms with Gasteiger partial charge in [0.2, 0.25) is 0 Å². The lowest BCUT2D eigenvalue weighted by molar-refractivity contribution is 0.0911. The molecule has 2 aromatic heterocycles. The second kappa shape index (κ2) is 6.29. The number of aromatic nitrogens is 5. The minimum atomic E-state index is -0.315. The topological polar surface area (TPSA) is 94.7 Å². The number of nitrogens with zero attached hydrogens (tertiary/aromatic N) is 5. The third-order valence-electron chi connectivity index (χ3n) is 3.17. The Bertz CT molecular complexity index is 662. The molecule has 2 heterocycles. The van der Waals surface area contributed by atoms with Crippen molar-refractivity contribution in [1.29, 1.82) is 0 Å². The predicted molar refractivity (Wildman–Crippen MR) is 75.6 cm³/mol. The van der Waals surface area contributed by atoms with Crippen molar-refractivity contribution in [3.63, 3.8) is 0 Å². The second-order valence-electron chi connectivity index (χ2n) is 5.13. The van der Waals surface area contributed by atoms with Crippen LogP contribution in [0.25, 0.3) is 0 Å². The molecule has 0 aliphatic rings. The summed E-state index contributed by atoms with van der Waals surface area (Å²) in [4.78, 5) is 23.5. The Hall–Kier alpha value is -2.51. The third-order valence-corrected chi connectivity index (χ3v) is 3.17. The Balaban J connectivity index is 2.10. The zero-order valence-electron chi connectivity index (χ0n) is 12.2. The molecule has 0 aliphatic heterocycles. The van der Waals surface area contributed by atoms with Gasteiger partial charge in [0.15, 0.2) is 0 Å². The van der Waals surface area contributed by atoms with Crippen molar-refractivity contribution in [2.75, 3.05) is 0 Å². The lowest BCUT2D eigenvalue weighted by atomic mass is 10.0. The van der Waals surface area contributed by atoms with Gasteiger partial charge in [0, 0.05) is 19.3 Å². The molecule has 2 aromatic rings. The molecule has 2 rings (SSSR count). The van der Waals surface area contributed by atoms with Gasteiger partial charge in [-0.15, -0.1) is 5.10 Å². The van der Waals surface area contributed by atoms with Crippen LogP contribution in [-0.2, 0) is 13.6 Å². The van der Waals surface area contributed by atoms with Gasteiger partial charge in [0.25, 0.3) is 11.5 Å². The van der Waals surface area contributed by atoms with Crippen LogP contribution >= 0.6 is 0 Å². The van der Waals surface area contributed by atoms with E-state index in [0.29, 0.717) is 6.54 Å². The van der Waals surface area contributed by atoms with Crippen molar-refractivity contribution >= 4 is 5.91 Å². The van der Waals surface area contributed by atoms with Crippen molar-refractivity contribution in [2.45, 2.75) is 26.4 Å². The maximum atomic E-state index is 12.2. The monoisotopic (exact) mass is 290 g/mol. The molecule has 1 amide bonds. The van der Waals surface area contributed by atoms with Gasteiger partial charge in [-0.2, -0.15) is 5.10 Å². The van der Waals surface area contributed by atoms with Gasteiger partial charge >= 0.3 is 0 Å². The molecule has 8 heteroatoms. The summed E-state index contributed by atoms with van der Waals surface area (Å²) < 4.78 is 2.80. The molecule has 0 aliphatic carbocycles. The molecule has 0 aromatic carbocycles. The molecule has 8 nitrogen and oxygen atoms in total. The summed E-state index contributed by atoms with van der Waals surface area (Å²) >= 11 is 0. The highest BCUT2D eigenvalue weighted by molar-refractivity contribution is 5.92. The number of hydrogen-bond donors (Lipinski definition) is 1. The first kappa shape index (κ1) is 14.9. The van der Waals surface area contributed by atoms with Crippen molar-refractivity contribution < 1.29 is 4.79 Å². The van der Waals surface area contributed by atoms with Crippen LogP contribution < -0.4 is 10.9 Å². The van der Waals surface area contributed by atoms with Crippen molar-refractivity contribution in [2.24, 2.45) is 13.0 Å². The van der Waals surface area contributed by atoms with E-state index in [1.54, 1.807) is 17.1 Å².